The molecule has 8 rings (SSSR count). The third kappa shape index (κ3) is 4.85. The van der Waals surface area contributed by atoms with Gasteiger partial charge in [-0.15, -0.1) is 0 Å². The number of pyridine rings is 1. The molecule has 1 atom stereocenters. The number of anilines is 1. The van der Waals surface area contributed by atoms with Gasteiger partial charge in [-0.05, 0) is 86.1 Å². The molecule has 0 fully saturated rings. The Morgan fingerprint density at radius 2 is 1.02 bits per heavy atom. The highest BCUT2D eigenvalue weighted by Gasteiger charge is 2.25. The predicted molar refractivity (Wildman–Crippen MR) is 183 cm³/mol. The Kier molecular flexibility index (Phi) is 6.54. The first-order chi connectivity index (χ1) is 21.8. The van der Waals surface area contributed by atoms with Crippen molar-refractivity contribution in [2.75, 3.05) is 5.32 Å². The van der Waals surface area contributed by atoms with Gasteiger partial charge in [0, 0.05) is 29.2 Å². The maximum Gasteiger partial charge on any atom is 0.145 e. The van der Waals surface area contributed by atoms with Crippen molar-refractivity contribution in [2.45, 2.75) is 6.17 Å². The Hall–Kier alpha value is -5.80. The molecule has 0 spiro atoms. The topological polar surface area (TPSA) is 37.3 Å². The molecule has 3 heteroatoms. The maximum absolute atomic E-state index is 5.43. The second kappa shape index (κ2) is 11.1. The van der Waals surface area contributed by atoms with Crippen LogP contribution in [0.1, 0.15) is 22.9 Å². The van der Waals surface area contributed by atoms with Crippen LogP contribution in [0.3, 0.4) is 0 Å². The minimum absolute atomic E-state index is 0.261. The van der Waals surface area contributed by atoms with E-state index in [1.807, 2.05) is 12.4 Å². The number of nitrogens with one attached hydrogen (secondary N) is 1. The van der Waals surface area contributed by atoms with Crippen molar-refractivity contribution < 1.29 is 0 Å². The number of fused-ring (bicyclic) bond motifs is 3. The maximum atomic E-state index is 5.43. The zero-order valence-corrected chi connectivity index (χ0v) is 24.1. The summed E-state index contributed by atoms with van der Waals surface area (Å²) >= 11 is 0. The summed E-state index contributed by atoms with van der Waals surface area (Å²) in [5.74, 6) is 0. The molecular formula is C41H29N3. The third-order valence-electron chi connectivity index (χ3n) is 8.37. The number of aliphatic imine (C=N–C) groups is 1. The molecular weight excluding hydrogens is 534 g/mol. The number of hydrogen-bond acceptors (Lipinski definition) is 3. The van der Waals surface area contributed by atoms with Crippen molar-refractivity contribution in [3.8, 4) is 33.4 Å². The molecule has 44 heavy (non-hydrogen) atoms. The van der Waals surface area contributed by atoms with Gasteiger partial charge in [-0.2, -0.15) is 0 Å². The van der Waals surface area contributed by atoms with Crippen molar-refractivity contribution in [1.29, 1.82) is 0 Å². The first-order valence-corrected chi connectivity index (χ1v) is 14.9. The fourth-order valence-electron chi connectivity index (χ4n) is 6.17. The molecule has 7 aromatic rings. The number of benzene rings is 6. The highest BCUT2D eigenvalue weighted by atomic mass is 15.1. The van der Waals surface area contributed by atoms with E-state index in [0.29, 0.717) is 0 Å². The van der Waals surface area contributed by atoms with Crippen molar-refractivity contribution in [3.05, 3.63) is 181 Å². The van der Waals surface area contributed by atoms with Gasteiger partial charge in [0.1, 0.15) is 6.17 Å². The molecule has 1 N–H and O–H groups in total. The summed E-state index contributed by atoms with van der Waals surface area (Å²) in [5.41, 5.74) is 12.4. The number of nitrogens with zero attached hydrogens (tertiary/aromatic N) is 2. The summed E-state index contributed by atoms with van der Waals surface area (Å²) in [4.78, 5) is 9.69. The second-order valence-electron chi connectivity index (χ2n) is 11.1. The Labute approximate surface area is 257 Å². The van der Waals surface area contributed by atoms with Crippen LogP contribution in [0.15, 0.2) is 169 Å². The molecule has 0 aliphatic carbocycles. The predicted octanol–water partition coefficient (Wildman–Crippen LogP) is 10.2. The molecule has 1 aliphatic heterocycles. The van der Waals surface area contributed by atoms with E-state index in [4.69, 9.17) is 4.99 Å². The molecule has 0 saturated carbocycles. The van der Waals surface area contributed by atoms with Crippen LogP contribution < -0.4 is 5.32 Å². The van der Waals surface area contributed by atoms with E-state index >= 15 is 0 Å². The first-order valence-electron chi connectivity index (χ1n) is 14.9. The SMILES string of the molecule is c1ccc(C2=NC(c3cc(-c4ccncc4)cc(-c4ccc(-c5ccccc5)cc4)c3)Nc3ccc4ccccc4c32)cc1. The normalized spacial score (nSPS) is 14.0. The Morgan fingerprint density at radius 1 is 0.455 bits per heavy atom. The molecule has 208 valence electrons. The molecule has 1 aromatic heterocycles. The van der Waals surface area contributed by atoms with Gasteiger partial charge in [-0.3, -0.25) is 9.98 Å². The average Bonchev–Trinajstić information content (AvgIpc) is 3.12. The zero-order chi connectivity index (χ0) is 29.3. The monoisotopic (exact) mass is 563 g/mol. The van der Waals surface area contributed by atoms with Gasteiger partial charge in [-0.25, -0.2) is 0 Å². The van der Waals surface area contributed by atoms with E-state index < -0.39 is 0 Å². The van der Waals surface area contributed by atoms with Crippen molar-refractivity contribution in [1.82, 2.24) is 4.98 Å². The summed E-state index contributed by atoms with van der Waals surface area (Å²) in [7, 11) is 0. The minimum Gasteiger partial charge on any atom is -0.359 e. The van der Waals surface area contributed by atoms with E-state index in [1.54, 1.807) is 0 Å². The molecule has 2 heterocycles. The lowest BCUT2D eigenvalue weighted by atomic mass is 9.91. The highest BCUT2D eigenvalue weighted by Crippen LogP contribution is 2.39. The van der Waals surface area contributed by atoms with Crippen molar-refractivity contribution >= 4 is 22.2 Å². The summed E-state index contributed by atoms with van der Waals surface area (Å²) < 4.78 is 0. The van der Waals surface area contributed by atoms with Gasteiger partial charge in [0.25, 0.3) is 0 Å². The van der Waals surface area contributed by atoms with E-state index in [1.165, 1.54) is 21.9 Å². The lowest BCUT2D eigenvalue weighted by Crippen LogP contribution is -2.21. The summed E-state index contributed by atoms with van der Waals surface area (Å²) in [6.07, 6.45) is 3.44. The zero-order valence-electron chi connectivity index (χ0n) is 24.1. The number of aromatic nitrogens is 1. The van der Waals surface area contributed by atoms with Gasteiger partial charge in [0.2, 0.25) is 0 Å². The molecule has 0 amide bonds. The number of hydrogen-bond donors (Lipinski definition) is 1. The Morgan fingerprint density at radius 3 is 1.73 bits per heavy atom. The van der Waals surface area contributed by atoms with Gasteiger partial charge in [0.05, 0.1) is 5.71 Å². The van der Waals surface area contributed by atoms with Crippen molar-refractivity contribution in [2.24, 2.45) is 4.99 Å². The van der Waals surface area contributed by atoms with Crippen LogP contribution in [0.5, 0.6) is 0 Å². The summed E-state index contributed by atoms with van der Waals surface area (Å²) in [6, 6.07) is 53.7. The minimum atomic E-state index is -0.261. The average molecular weight is 564 g/mol. The van der Waals surface area contributed by atoms with Crippen LogP contribution in [0.25, 0.3) is 44.2 Å². The summed E-state index contributed by atoms with van der Waals surface area (Å²) in [6.45, 7) is 0. The Balaban J connectivity index is 1.28. The standard InChI is InChI=1S/C41H29N3/c1-3-9-28(10-4-1)29-15-17-30(18-16-29)34-25-35(31-21-23-42-24-22-31)27-36(26-34)41-43-38-20-19-32-11-7-8-14-37(32)39(38)40(44-41)33-12-5-2-6-13-33/h1-27,41,43H. The first kappa shape index (κ1) is 25.9. The molecule has 0 radical (unpaired) electrons. The second-order valence-corrected chi connectivity index (χ2v) is 11.1. The fourth-order valence-corrected chi connectivity index (χ4v) is 6.17. The van der Waals surface area contributed by atoms with Crippen LogP contribution in [0, 0.1) is 0 Å². The van der Waals surface area contributed by atoms with Crippen LogP contribution in [-0.4, -0.2) is 10.7 Å². The molecule has 1 aliphatic rings. The van der Waals surface area contributed by atoms with Crippen LogP contribution in [-0.2, 0) is 0 Å². The van der Waals surface area contributed by atoms with Gasteiger partial charge >= 0.3 is 0 Å². The molecule has 6 aromatic carbocycles. The summed E-state index contributed by atoms with van der Waals surface area (Å²) in [5, 5.41) is 6.20. The van der Waals surface area contributed by atoms with Crippen LogP contribution in [0.2, 0.25) is 0 Å². The number of rotatable bonds is 5. The van der Waals surface area contributed by atoms with E-state index in [0.717, 1.165) is 50.3 Å². The lowest BCUT2D eigenvalue weighted by molar-refractivity contribution is 0.830. The van der Waals surface area contributed by atoms with E-state index in [-0.39, 0.29) is 6.17 Å². The van der Waals surface area contributed by atoms with Crippen LogP contribution >= 0.6 is 0 Å². The van der Waals surface area contributed by atoms with Gasteiger partial charge < -0.3 is 5.32 Å². The van der Waals surface area contributed by atoms with E-state index in [9.17, 15) is 0 Å². The van der Waals surface area contributed by atoms with Gasteiger partial charge in [0.15, 0.2) is 0 Å². The highest BCUT2D eigenvalue weighted by molar-refractivity contribution is 6.23. The quantitative estimate of drug-likeness (QED) is 0.226. The smallest absolute Gasteiger partial charge is 0.145 e. The van der Waals surface area contributed by atoms with Gasteiger partial charge in [-0.1, -0.05) is 115 Å². The van der Waals surface area contributed by atoms with E-state index in [2.05, 4.69) is 162 Å². The lowest BCUT2D eigenvalue weighted by Gasteiger charge is -2.28. The van der Waals surface area contributed by atoms with Crippen LogP contribution in [0.4, 0.5) is 5.69 Å². The van der Waals surface area contributed by atoms with Crippen molar-refractivity contribution in [3.63, 3.8) is 0 Å². The molecule has 0 bridgehead atoms. The molecule has 1 unspecified atom stereocenters. The fraction of sp³-hybridized carbons (Fsp3) is 0.0244. The largest absolute Gasteiger partial charge is 0.359 e. The third-order valence-corrected chi connectivity index (χ3v) is 8.37. The molecule has 3 nitrogen and oxygen atoms in total. The Bertz CT molecular complexity index is 2120. The molecule has 0 saturated heterocycles.